The molecule has 3 aromatic carbocycles. The van der Waals surface area contributed by atoms with Gasteiger partial charge in [-0.05, 0) is 67.7 Å². The van der Waals surface area contributed by atoms with Crippen LogP contribution in [0.5, 0.6) is 0 Å². The van der Waals surface area contributed by atoms with Crippen molar-refractivity contribution in [2.45, 2.75) is 71.8 Å². The summed E-state index contributed by atoms with van der Waals surface area (Å²) in [4.78, 5) is 0. The number of aryl methyl sites for hydroxylation is 1. The van der Waals surface area contributed by atoms with Crippen LogP contribution in [0.4, 0.5) is 0 Å². The molecule has 4 rings (SSSR count). The first-order valence-corrected chi connectivity index (χ1v) is 15.2. The van der Waals surface area contributed by atoms with E-state index in [0.29, 0.717) is 17.8 Å². The summed E-state index contributed by atoms with van der Waals surface area (Å²) in [6.07, 6.45) is 3.26. The Morgan fingerprint density at radius 2 is 1.44 bits per heavy atom. The van der Waals surface area contributed by atoms with Crippen molar-refractivity contribution in [2.24, 2.45) is 17.8 Å². The second-order valence-corrected chi connectivity index (χ2v) is 13.5. The third kappa shape index (κ3) is 6.20. The Balaban J connectivity index is 1.80. The van der Waals surface area contributed by atoms with Crippen molar-refractivity contribution in [1.29, 1.82) is 0 Å². The minimum Gasteiger partial charge on any atom is -0.320 e. The Hall–Kier alpha value is -2.19. The van der Waals surface area contributed by atoms with Crippen LogP contribution in [0.1, 0.15) is 75.5 Å². The highest BCUT2D eigenvalue weighted by Crippen LogP contribution is 2.61. The van der Waals surface area contributed by atoms with E-state index in [1.54, 1.807) is 0 Å². The van der Waals surface area contributed by atoms with Gasteiger partial charge in [0.2, 0.25) is 0 Å². The molecule has 0 saturated heterocycles. The first-order chi connectivity index (χ1) is 17.3. The third-order valence-electron chi connectivity index (χ3n) is 7.81. The van der Waals surface area contributed by atoms with E-state index in [1.807, 2.05) is 36.4 Å². The van der Waals surface area contributed by atoms with E-state index in [0.717, 1.165) is 23.7 Å². The quantitative estimate of drug-likeness (QED) is 0.298. The fraction of sp³-hybridized carbons (Fsp3) is 0.438. The Bertz CT molecular complexity index is 1130. The summed E-state index contributed by atoms with van der Waals surface area (Å²) in [6.45, 7) is 11.1. The van der Waals surface area contributed by atoms with Gasteiger partial charge in [0.25, 0.3) is 7.37 Å². The lowest BCUT2D eigenvalue weighted by Gasteiger charge is -2.41. The van der Waals surface area contributed by atoms with Crippen LogP contribution >= 0.6 is 7.37 Å². The lowest BCUT2D eigenvalue weighted by atomic mass is 9.75. The standard InChI is InChI=1S/C32H42NO2P/c1-23(2)30-21-18-25(4)22-31(30)35-36(34,29-14-10-7-11-15-29)32(28-19-16-24(3)17-20-28)33-26(5)27-12-8-6-9-13-27/h6-17,19-20,23,25-26,30-33H,18,21-22H2,1-5H3/t25-,26-,30+,31-,32+,36?/m1/s1. The van der Waals surface area contributed by atoms with Crippen molar-refractivity contribution >= 4 is 12.7 Å². The van der Waals surface area contributed by atoms with E-state index in [9.17, 15) is 0 Å². The molecular formula is C32H42NO2P. The molecule has 1 aliphatic carbocycles. The largest absolute Gasteiger partial charge is 0.320 e. The van der Waals surface area contributed by atoms with Gasteiger partial charge >= 0.3 is 0 Å². The van der Waals surface area contributed by atoms with Crippen molar-refractivity contribution in [1.82, 2.24) is 5.32 Å². The van der Waals surface area contributed by atoms with Gasteiger partial charge in [-0.15, -0.1) is 0 Å². The van der Waals surface area contributed by atoms with Crippen molar-refractivity contribution in [3.05, 3.63) is 102 Å². The minimum atomic E-state index is -3.38. The van der Waals surface area contributed by atoms with Crippen LogP contribution < -0.4 is 10.6 Å². The number of nitrogens with one attached hydrogen (secondary N) is 1. The molecule has 0 spiro atoms. The molecule has 1 saturated carbocycles. The van der Waals surface area contributed by atoms with Crippen molar-refractivity contribution in [2.75, 3.05) is 0 Å². The fourth-order valence-corrected chi connectivity index (χ4v) is 8.32. The molecule has 4 heteroatoms. The van der Waals surface area contributed by atoms with Crippen molar-refractivity contribution in [3.63, 3.8) is 0 Å². The molecule has 36 heavy (non-hydrogen) atoms. The molecule has 1 unspecified atom stereocenters. The second kappa shape index (κ2) is 11.9. The van der Waals surface area contributed by atoms with Gasteiger partial charge in [0.1, 0.15) is 5.78 Å². The first-order valence-electron chi connectivity index (χ1n) is 13.5. The molecular weight excluding hydrogens is 461 g/mol. The van der Waals surface area contributed by atoms with Gasteiger partial charge in [0.05, 0.1) is 6.10 Å². The Labute approximate surface area is 218 Å². The number of hydrogen-bond acceptors (Lipinski definition) is 3. The topological polar surface area (TPSA) is 38.3 Å². The Morgan fingerprint density at radius 3 is 2.06 bits per heavy atom. The molecule has 1 N–H and O–H groups in total. The predicted molar refractivity (Wildman–Crippen MR) is 152 cm³/mol. The minimum absolute atomic E-state index is 0.00400. The summed E-state index contributed by atoms with van der Waals surface area (Å²) in [5.74, 6) is 1.01. The summed E-state index contributed by atoms with van der Waals surface area (Å²) in [6, 6.07) is 28.7. The van der Waals surface area contributed by atoms with Gasteiger partial charge in [-0.3, -0.25) is 9.88 Å². The molecule has 0 radical (unpaired) electrons. The molecule has 0 amide bonds. The molecule has 3 aromatic rings. The first kappa shape index (κ1) is 26.9. The zero-order chi connectivity index (χ0) is 25.7. The maximum absolute atomic E-state index is 15.4. The van der Waals surface area contributed by atoms with E-state index in [1.165, 1.54) is 17.5 Å². The van der Waals surface area contributed by atoms with E-state index in [-0.39, 0.29) is 12.1 Å². The SMILES string of the molecule is Cc1ccc([C@@H](N[C@H](C)c2ccccc2)P(=O)(O[C@@H]2C[C@H](C)CC[C@H]2C(C)C)c2ccccc2)cc1. The average molecular weight is 504 g/mol. The Kier molecular flexibility index (Phi) is 8.88. The summed E-state index contributed by atoms with van der Waals surface area (Å²) in [5, 5.41) is 4.55. The van der Waals surface area contributed by atoms with Gasteiger partial charge < -0.3 is 4.52 Å². The van der Waals surface area contributed by atoms with Gasteiger partial charge in [0.15, 0.2) is 0 Å². The van der Waals surface area contributed by atoms with Gasteiger partial charge in [-0.2, -0.15) is 0 Å². The molecule has 0 aromatic heterocycles. The van der Waals surface area contributed by atoms with Crippen LogP contribution in [0.3, 0.4) is 0 Å². The zero-order valence-corrected chi connectivity index (χ0v) is 23.3. The predicted octanol–water partition coefficient (Wildman–Crippen LogP) is 8.43. The van der Waals surface area contributed by atoms with Crippen molar-refractivity contribution < 1.29 is 9.09 Å². The van der Waals surface area contributed by atoms with Crippen LogP contribution in [0, 0.1) is 24.7 Å². The number of rotatable bonds is 9. The van der Waals surface area contributed by atoms with E-state index < -0.39 is 13.2 Å². The molecule has 0 bridgehead atoms. The van der Waals surface area contributed by atoms with Gasteiger partial charge in [-0.25, -0.2) is 0 Å². The maximum Gasteiger partial charge on any atom is 0.253 e. The normalized spacial score (nSPS) is 23.7. The summed E-state index contributed by atoms with van der Waals surface area (Å²) < 4.78 is 22.4. The highest BCUT2D eigenvalue weighted by molar-refractivity contribution is 7.67. The highest BCUT2D eigenvalue weighted by atomic mass is 31.2. The van der Waals surface area contributed by atoms with Crippen LogP contribution in [0.15, 0.2) is 84.9 Å². The number of hydrogen-bond donors (Lipinski definition) is 1. The van der Waals surface area contributed by atoms with E-state index in [2.05, 4.69) is 88.5 Å². The lowest BCUT2D eigenvalue weighted by Crippen LogP contribution is -2.37. The van der Waals surface area contributed by atoms with E-state index >= 15 is 4.57 Å². The van der Waals surface area contributed by atoms with Gasteiger partial charge in [0, 0.05) is 11.3 Å². The lowest BCUT2D eigenvalue weighted by molar-refractivity contribution is 0.0479. The average Bonchev–Trinajstić information content (AvgIpc) is 2.88. The molecule has 0 aliphatic heterocycles. The van der Waals surface area contributed by atoms with Crippen LogP contribution in [0.2, 0.25) is 0 Å². The van der Waals surface area contributed by atoms with E-state index in [4.69, 9.17) is 4.52 Å². The zero-order valence-electron chi connectivity index (χ0n) is 22.4. The second-order valence-electron chi connectivity index (χ2n) is 11.0. The third-order valence-corrected chi connectivity index (χ3v) is 10.5. The van der Waals surface area contributed by atoms with Gasteiger partial charge in [-0.1, -0.05) is 106 Å². The Morgan fingerprint density at radius 1 is 0.833 bits per heavy atom. The number of benzene rings is 3. The molecule has 1 aliphatic rings. The summed E-state index contributed by atoms with van der Waals surface area (Å²) in [5.41, 5.74) is 3.35. The molecule has 3 nitrogen and oxygen atoms in total. The highest BCUT2D eigenvalue weighted by Gasteiger charge is 2.43. The molecule has 0 heterocycles. The summed E-state index contributed by atoms with van der Waals surface area (Å²) >= 11 is 0. The molecule has 6 atom stereocenters. The smallest absolute Gasteiger partial charge is 0.253 e. The maximum atomic E-state index is 15.4. The molecule has 192 valence electrons. The fourth-order valence-electron chi connectivity index (χ4n) is 5.56. The summed E-state index contributed by atoms with van der Waals surface area (Å²) in [7, 11) is -3.38. The van der Waals surface area contributed by atoms with Crippen LogP contribution in [-0.2, 0) is 9.09 Å². The molecule has 1 fully saturated rings. The van der Waals surface area contributed by atoms with Crippen LogP contribution in [-0.4, -0.2) is 6.10 Å². The monoisotopic (exact) mass is 503 g/mol. The van der Waals surface area contributed by atoms with Crippen molar-refractivity contribution in [3.8, 4) is 0 Å². The van der Waals surface area contributed by atoms with Crippen LogP contribution in [0.25, 0.3) is 0 Å².